The zero-order valence-corrected chi connectivity index (χ0v) is 15.2. The number of nitro groups is 1. The third-order valence-electron chi connectivity index (χ3n) is 7.05. The largest absolute Gasteiger partial charge is 0.333 e. The van der Waals surface area contributed by atoms with Crippen molar-refractivity contribution in [2.24, 2.45) is 17.8 Å². The van der Waals surface area contributed by atoms with Crippen molar-refractivity contribution in [1.82, 2.24) is 4.90 Å². The molecule has 1 aromatic carbocycles. The van der Waals surface area contributed by atoms with E-state index in [1.807, 2.05) is 0 Å². The van der Waals surface area contributed by atoms with Gasteiger partial charge in [-0.25, -0.2) is 0 Å². The van der Waals surface area contributed by atoms with E-state index in [1.54, 1.807) is 0 Å². The van der Waals surface area contributed by atoms with Crippen molar-refractivity contribution in [3.05, 3.63) is 44.5 Å². The van der Waals surface area contributed by atoms with E-state index in [0.717, 1.165) is 25.8 Å². The Morgan fingerprint density at radius 1 is 1.32 bits per heavy atom. The first-order valence-corrected chi connectivity index (χ1v) is 9.37. The number of carbonyl (C=O) groups excluding carboxylic acids is 1. The Morgan fingerprint density at radius 2 is 2.04 bits per heavy atom. The van der Waals surface area contributed by atoms with Crippen LogP contribution in [0.1, 0.15) is 48.4 Å². The number of carbonyl (C=O) groups is 1. The van der Waals surface area contributed by atoms with Crippen LogP contribution >= 0.6 is 0 Å². The fourth-order valence-corrected chi connectivity index (χ4v) is 5.87. The SMILES string of the molecule is Cc1cc2c(cc1C)C13C[C@H](C)[C@@H](C[N+](=O)[O-])[C@@H]1CC(=O)N3CCC2. The molecule has 0 aromatic heterocycles. The van der Waals surface area contributed by atoms with Crippen LogP contribution in [0.15, 0.2) is 12.1 Å². The number of aryl methyl sites for hydroxylation is 3. The molecule has 5 heteroatoms. The minimum atomic E-state index is -0.318. The van der Waals surface area contributed by atoms with Gasteiger partial charge < -0.3 is 4.90 Å². The Balaban J connectivity index is 1.91. The highest BCUT2D eigenvalue weighted by Gasteiger charge is 2.63. The molecule has 134 valence electrons. The fourth-order valence-electron chi connectivity index (χ4n) is 5.87. The predicted octanol–water partition coefficient (Wildman–Crippen LogP) is 3.23. The molecule has 0 radical (unpaired) electrons. The van der Waals surface area contributed by atoms with Gasteiger partial charge in [-0.2, -0.15) is 0 Å². The first kappa shape index (κ1) is 16.6. The summed E-state index contributed by atoms with van der Waals surface area (Å²) in [4.78, 5) is 26.0. The average Bonchev–Trinajstić information content (AvgIpc) is 2.88. The molecule has 1 aliphatic carbocycles. The first-order valence-electron chi connectivity index (χ1n) is 9.37. The normalized spacial score (nSPS) is 33.6. The van der Waals surface area contributed by atoms with Crippen LogP contribution in [0.25, 0.3) is 0 Å². The molecule has 2 aliphatic heterocycles. The van der Waals surface area contributed by atoms with Crippen LogP contribution in [0.3, 0.4) is 0 Å². The van der Waals surface area contributed by atoms with Crippen LogP contribution < -0.4 is 0 Å². The summed E-state index contributed by atoms with van der Waals surface area (Å²) >= 11 is 0. The van der Waals surface area contributed by atoms with Gasteiger partial charge in [0.25, 0.3) is 0 Å². The second-order valence-electron chi connectivity index (χ2n) is 8.34. The lowest BCUT2D eigenvalue weighted by Crippen LogP contribution is -2.45. The van der Waals surface area contributed by atoms with E-state index in [2.05, 4.69) is 37.8 Å². The molecular weight excluding hydrogens is 316 g/mol. The van der Waals surface area contributed by atoms with Crippen LogP contribution in [0.4, 0.5) is 0 Å². The Hall–Kier alpha value is -1.91. The quantitative estimate of drug-likeness (QED) is 0.612. The van der Waals surface area contributed by atoms with Gasteiger partial charge in [-0.3, -0.25) is 14.9 Å². The Kier molecular flexibility index (Phi) is 3.67. The second kappa shape index (κ2) is 5.55. The van der Waals surface area contributed by atoms with Crippen molar-refractivity contribution >= 4 is 5.91 Å². The maximum Gasteiger partial charge on any atom is 0.223 e. The van der Waals surface area contributed by atoms with Gasteiger partial charge in [0.1, 0.15) is 0 Å². The van der Waals surface area contributed by atoms with Gasteiger partial charge in [0, 0.05) is 29.7 Å². The minimum Gasteiger partial charge on any atom is -0.333 e. The molecule has 4 atom stereocenters. The second-order valence-corrected chi connectivity index (χ2v) is 8.34. The minimum absolute atomic E-state index is 0.0171. The molecule has 4 rings (SSSR count). The summed E-state index contributed by atoms with van der Waals surface area (Å²) < 4.78 is 0. The average molecular weight is 342 g/mol. The number of amides is 1. The predicted molar refractivity (Wildman–Crippen MR) is 94.9 cm³/mol. The number of nitrogens with zero attached hydrogens (tertiary/aromatic N) is 2. The van der Waals surface area contributed by atoms with E-state index in [9.17, 15) is 14.9 Å². The Morgan fingerprint density at radius 3 is 2.76 bits per heavy atom. The summed E-state index contributed by atoms with van der Waals surface area (Å²) in [6.07, 6.45) is 3.29. The van der Waals surface area contributed by atoms with Gasteiger partial charge in [0.15, 0.2) is 0 Å². The molecule has 3 aliphatic rings. The standard InChI is InChI=1S/C20H26N2O3/c1-12-7-15-5-4-6-21-19(23)9-18-16(11-22(24)25)14(3)10-20(18,21)17(15)8-13(12)2/h7-8,14,16,18H,4-6,9-11H2,1-3H3/t14-,16+,18-,20?/m0/s1. The maximum absolute atomic E-state index is 12.8. The van der Waals surface area contributed by atoms with Crippen molar-refractivity contribution in [2.75, 3.05) is 13.1 Å². The Labute approximate surface area is 148 Å². The lowest BCUT2D eigenvalue weighted by atomic mass is 9.76. The monoisotopic (exact) mass is 342 g/mol. The molecule has 0 N–H and O–H groups in total. The highest BCUT2D eigenvalue weighted by Crippen LogP contribution is 2.60. The van der Waals surface area contributed by atoms with Gasteiger partial charge in [-0.05, 0) is 61.3 Å². The van der Waals surface area contributed by atoms with Gasteiger partial charge >= 0.3 is 0 Å². The number of rotatable bonds is 2. The highest BCUT2D eigenvalue weighted by atomic mass is 16.6. The molecule has 1 saturated heterocycles. The molecular formula is C20H26N2O3. The van der Waals surface area contributed by atoms with E-state index in [-0.39, 0.29) is 40.7 Å². The van der Waals surface area contributed by atoms with Crippen molar-refractivity contribution in [1.29, 1.82) is 0 Å². The molecule has 25 heavy (non-hydrogen) atoms. The van der Waals surface area contributed by atoms with E-state index < -0.39 is 0 Å². The number of benzene rings is 1. The third kappa shape index (κ3) is 2.24. The number of fused-ring (bicyclic) bond motifs is 1. The summed E-state index contributed by atoms with van der Waals surface area (Å²) in [7, 11) is 0. The topological polar surface area (TPSA) is 63.5 Å². The lowest BCUT2D eigenvalue weighted by Gasteiger charge is -2.39. The van der Waals surface area contributed by atoms with Crippen LogP contribution in [0, 0.1) is 41.7 Å². The maximum atomic E-state index is 12.8. The van der Waals surface area contributed by atoms with Crippen LogP contribution in [0.2, 0.25) is 0 Å². The van der Waals surface area contributed by atoms with Gasteiger partial charge in [0.2, 0.25) is 12.5 Å². The first-order chi connectivity index (χ1) is 11.8. The molecule has 1 amide bonds. The number of hydrogen-bond donors (Lipinski definition) is 0. The zero-order valence-electron chi connectivity index (χ0n) is 15.2. The van der Waals surface area contributed by atoms with E-state index in [4.69, 9.17) is 0 Å². The molecule has 1 spiro atoms. The van der Waals surface area contributed by atoms with Gasteiger partial charge in [0.05, 0.1) is 5.54 Å². The molecule has 5 nitrogen and oxygen atoms in total. The van der Waals surface area contributed by atoms with Crippen molar-refractivity contribution in [2.45, 2.75) is 52.0 Å². The van der Waals surface area contributed by atoms with Crippen molar-refractivity contribution < 1.29 is 9.72 Å². The van der Waals surface area contributed by atoms with Crippen LogP contribution in [-0.2, 0) is 16.8 Å². The zero-order chi connectivity index (χ0) is 17.9. The van der Waals surface area contributed by atoms with Gasteiger partial charge in [-0.1, -0.05) is 19.1 Å². The van der Waals surface area contributed by atoms with E-state index in [1.165, 1.54) is 22.3 Å². The van der Waals surface area contributed by atoms with E-state index in [0.29, 0.717) is 6.42 Å². The summed E-state index contributed by atoms with van der Waals surface area (Å²) in [5.41, 5.74) is 4.85. The highest BCUT2D eigenvalue weighted by molar-refractivity contribution is 5.81. The molecule has 2 heterocycles. The third-order valence-corrected chi connectivity index (χ3v) is 7.05. The summed E-state index contributed by atoms with van der Waals surface area (Å²) in [6.45, 7) is 7.16. The Bertz CT molecular complexity index is 760. The van der Waals surface area contributed by atoms with Crippen LogP contribution in [0.5, 0.6) is 0 Å². The molecule has 0 bridgehead atoms. The van der Waals surface area contributed by atoms with Crippen molar-refractivity contribution in [3.63, 3.8) is 0 Å². The van der Waals surface area contributed by atoms with Crippen LogP contribution in [-0.4, -0.2) is 28.8 Å². The summed E-state index contributed by atoms with van der Waals surface area (Å²) in [5.74, 6) is 0.505. The molecule has 1 saturated carbocycles. The van der Waals surface area contributed by atoms with E-state index >= 15 is 0 Å². The fraction of sp³-hybridized carbons (Fsp3) is 0.650. The summed E-state index contributed by atoms with van der Waals surface area (Å²) in [5, 5.41) is 11.2. The lowest BCUT2D eigenvalue weighted by molar-refractivity contribution is -0.491. The van der Waals surface area contributed by atoms with Crippen molar-refractivity contribution in [3.8, 4) is 0 Å². The molecule has 1 aromatic rings. The smallest absolute Gasteiger partial charge is 0.223 e. The number of hydrogen-bond acceptors (Lipinski definition) is 3. The molecule has 1 unspecified atom stereocenters. The van der Waals surface area contributed by atoms with Gasteiger partial charge in [-0.15, -0.1) is 0 Å². The molecule has 2 fully saturated rings. The summed E-state index contributed by atoms with van der Waals surface area (Å²) in [6, 6.07) is 4.56.